The lowest BCUT2D eigenvalue weighted by molar-refractivity contribution is 0.448. The van der Waals surface area contributed by atoms with Gasteiger partial charge in [0.2, 0.25) is 7.28 Å². The maximum Gasteiger partial charge on any atom is 0.206 e. The van der Waals surface area contributed by atoms with E-state index < -0.39 is 0 Å². The van der Waals surface area contributed by atoms with Crippen molar-refractivity contribution in [1.82, 2.24) is 0 Å². The zero-order chi connectivity index (χ0) is 6.78. The highest BCUT2D eigenvalue weighted by atomic mass is 16.3. The normalized spacial score (nSPS) is 10.9. The van der Waals surface area contributed by atoms with Crippen molar-refractivity contribution >= 4 is 7.28 Å². The summed E-state index contributed by atoms with van der Waals surface area (Å²) >= 11 is 0. The minimum atomic E-state index is 0.0475. The molecule has 0 saturated carbocycles. The van der Waals surface area contributed by atoms with Crippen LogP contribution < -0.4 is 0 Å². The molecule has 1 N–H and O–H groups in total. The van der Waals surface area contributed by atoms with E-state index in [1.807, 2.05) is 20.8 Å². The van der Waals surface area contributed by atoms with E-state index in [4.69, 9.17) is 5.11 Å². The summed E-state index contributed by atoms with van der Waals surface area (Å²) in [5, 5.41) is 8.69. The molecule has 0 aliphatic heterocycles. The van der Waals surface area contributed by atoms with Gasteiger partial charge in [0.25, 0.3) is 0 Å². The van der Waals surface area contributed by atoms with Gasteiger partial charge in [-0.3, -0.25) is 0 Å². The van der Waals surface area contributed by atoms with E-state index >= 15 is 0 Å². The first-order valence-electron chi connectivity index (χ1n) is 2.65. The van der Waals surface area contributed by atoms with Crippen molar-refractivity contribution in [3.8, 4) is 0 Å². The first kappa shape index (κ1) is 7.60. The van der Waals surface area contributed by atoms with Gasteiger partial charge >= 0.3 is 0 Å². The molecule has 0 heterocycles. The molecule has 0 saturated heterocycles. The number of hydrogen-bond acceptors (Lipinski definition) is 1. The van der Waals surface area contributed by atoms with Crippen molar-refractivity contribution in [1.29, 1.82) is 0 Å². The van der Waals surface area contributed by atoms with E-state index in [0.717, 1.165) is 0 Å². The average molecular weight is 111 g/mol. The van der Waals surface area contributed by atoms with Crippen LogP contribution in [-0.2, 0) is 0 Å². The van der Waals surface area contributed by atoms with Crippen molar-refractivity contribution in [3.05, 3.63) is 12.2 Å². The Hall–Kier alpha value is -0.395. The van der Waals surface area contributed by atoms with Crippen LogP contribution in [0.15, 0.2) is 12.2 Å². The zero-order valence-corrected chi connectivity index (χ0v) is 5.73. The van der Waals surface area contributed by atoms with E-state index in [1.54, 1.807) is 7.28 Å². The summed E-state index contributed by atoms with van der Waals surface area (Å²) in [6, 6.07) is 0. The highest BCUT2D eigenvalue weighted by Gasteiger charge is 2.12. The fraction of sp³-hybridized carbons (Fsp3) is 0.667. The second-order valence-corrected chi connectivity index (χ2v) is 3.00. The molecule has 0 aromatic carbocycles. The predicted molar refractivity (Wildman–Crippen MR) is 37.2 cm³/mol. The second kappa shape index (κ2) is 2.25. The van der Waals surface area contributed by atoms with Crippen LogP contribution in [0.5, 0.6) is 0 Å². The molecule has 0 rings (SSSR count). The zero-order valence-electron chi connectivity index (χ0n) is 5.73. The maximum atomic E-state index is 8.64. The van der Waals surface area contributed by atoms with Gasteiger partial charge < -0.3 is 5.11 Å². The van der Waals surface area contributed by atoms with Crippen molar-refractivity contribution in [2.24, 2.45) is 0 Å². The monoisotopic (exact) mass is 111 g/mol. The molecule has 0 aliphatic carbocycles. The number of aliphatic hydroxyl groups is 1. The lowest BCUT2D eigenvalue weighted by Gasteiger charge is -2.14. The van der Waals surface area contributed by atoms with Crippen molar-refractivity contribution in [2.45, 2.75) is 26.1 Å². The summed E-state index contributed by atoms with van der Waals surface area (Å²) in [5.41, 5.74) is 0.150. The van der Waals surface area contributed by atoms with Crippen LogP contribution in [0.2, 0.25) is 5.31 Å². The summed E-state index contributed by atoms with van der Waals surface area (Å²) in [4.78, 5) is 0. The topological polar surface area (TPSA) is 20.2 Å². The molecule has 0 spiro atoms. The van der Waals surface area contributed by atoms with Gasteiger partial charge in [-0.1, -0.05) is 32.7 Å². The summed E-state index contributed by atoms with van der Waals surface area (Å²) < 4.78 is 0. The predicted octanol–water partition coefficient (Wildman–Crippen LogP) is 1.94. The SMILES string of the molecule is C=C(O)[B]C(C)(C)C. The van der Waals surface area contributed by atoms with Crippen molar-refractivity contribution < 1.29 is 5.11 Å². The standard InChI is InChI=1S/C6H12BO/c1-5(8)7-6(2,3)4/h8H,1H2,2-4H3. The molecule has 0 aromatic rings. The average Bonchev–Trinajstić information content (AvgIpc) is 1.21. The van der Waals surface area contributed by atoms with E-state index in [1.165, 1.54) is 0 Å². The lowest BCUT2D eigenvalue weighted by atomic mass is 9.54. The first-order chi connectivity index (χ1) is 3.42. The number of aliphatic hydroxyl groups excluding tert-OH is 1. The molecule has 0 aliphatic rings. The minimum Gasteiger partial charge on any atom is -0.524 e. The Labute approximate surface area is 51.7 Å². The Kier molecular flexibility index (Phi) is 2.14. The molecule has 1 nitrogen and oxygen atoms in total. The highest BCUT2D eigenvalue weighted by molar-refractivity contribution is 6.47. The maximum absolute atomic E-state index is 8.64. The van der Waals surface area contributed by atoms with E-state index in [-0.39, 0.29) is 11.0 Å². The number of rotatable bonds is 1. The Morgan fingerprint density at radius 1 is 1.50 bits per heavy atom. The fourth-order valence-corrected chi connectivity index (χ4v) is 0.500. The molecule has 2 heteroatoms. The summed E-state index contributed by atoms with van der Waals surface area (Å²) in [5.74, 6) is 0. The van der Waals surface area contributed by atoms with E-state index in [0.29, 0.717) is 0 Å². The largest absolute Gasteiger partial charge is 0.524 e. The Morgan fingerprint density at radius 3 is 1.88 bits per heavy atom. The Bertz CT molecular complexity index is 91.2. The van der Waals surface area contributed by atoms with Gasteiger partial charge in [0, 0.05) is 5.66 Å². The molecule has 0 fully saturated rings. The molecule has 0 unspecified atom stereocenters. The molecule has 0 amide bonds. The minimum absolute atomic E-state index is 0.0475. The van der Waals surface area contributed by atoms with Crippen molar-refractivity contribution in [3.63, 3.8) is 0 Å². The van der Waals surface area contributed by atoms with Crippen LogP contribution in [0.1, 0.15) is 20.8 Å². The van der Waals surface area contributed by atoms with Crippen LogP contribution in [0, 0.1) is 0 Å². The van der Waals surface area contributed by atoms with Crippen LogP contribution in [0.3, 0.4) is 0 Å². The van der Waals surface area contributed by atoms with Gasteiger partial charge in [-0.05, 0) is 0 Å². The lowest BCUT2D eigenvalue weighted by Crippen LogP contribution is -2.09. The molecule has 1 radical (unpaired) electrons. The molecule has 0 aromatic heterocycles. The van der Waals surface area contributed by atoms with Crippen LogP contribution in [0.4, 0.5) is 0 Å². The third-order valence-electron chi connectivity index (χ3n) is 0.600. The summed E-state index contributed by atoms with van der Waals surface area (Å²) in [6.45, 7) is 9.37. The van der Waals surface area contributed by atoms with Crippen LogP contribution in [-0.4, -0.2) is 12.4 Å². The van der Waals surface area contributed by atoms with Gasteiger partial charge in [0.15, 0.2) is 0 Å². The van der Waals surface area contributed by atoms with Gasteiger partial charge in [-0.2, -0.15) is 0 Å². The third-order valence-corrected chi connectivity index (χ3v) is 0.600. The molecule has 0 bridgehead atoms. The fourth-order valence-electron chi connectivity index (χ4n) is 0.500. The first-order valence-corrected chi connectivity index (χ1v) is 2.65. The highest BCUT2D eigenvalue weighted by Crippen LogP contribution is 2.21. The Morgan fingerprint density at radius 2 is 1.88 bits per heavy atom. The molecule has 8 heavy (non-hydrogen) atoms. The van der Waals surface area contributed by atoms with Crippen LogP contribution >= 0.6 is 0 Å². The third kappa shape index (κ3) is 5.60. The quantitative estimate of drug-likeness (QED) is 0.405. The number of hydrogen-bond donors (Lipinski definition) is 1. The molecule has 45 valence electrons. The van der Waals surface area contributed by atoms with E-state index in [9.17, 15) is 0 Å². The van der Waals surface area contributed by atoms with Gasteiger partial charge in [0.05, 0.1) is 0 Å². The smallest absolute Gasteiger partial charge is 0.206 e. The van der Waals surface area contributed by atoms with Crippen LogP contribution in [0.25, 0.3) is 0 Å². The Balaban J connectivity index is 3.55. The molecule has 0 atom stereocenters. The van der Waals surface area contributed by atoms with Crippen molar-refractivity contribution in [2.75, 3.05) is 0 Å². The second-order valence-electron chi connectivity index (χ2n) is 3.00. The van der Waals surface area contributed by atoms with Gasteiger partial charge in [0.1, 0.15) is 0 Å². The summed E-state index contributed by atoms with van der Waals surface area (Å²) in [7, 11) is 1.72. The molecular weight excluding hydrogens is 98.9 g/mol. The van der Waals surface area contributed by atoms with Gasteiger partial charge in [-0.15, -0.1) is 0 Å². The summed E-state index contributed by atoms with van der Waals surface area (Å²) in [6.07, 6.45) is 0. The molecular formula is C6H12BO. The van der Waals surface area contributed by atoms with Gasteiger partial charge in [-0.25, -0.2) is 0 Å². The van der Waals surface area contributed by atoms with E-state index in [2.05, 4.69) is 6.58 Å².